The summed E-state index contributed by atoms with van der Waals surface area (Å²) < 4.78 is 5.21. The lowest BCUT2D eigenvalue weighted by atomic mass is 10.0. The van der Waals surface area contributed by atoms with E-state index < -0.39 is 11.7 Å². The molecule has 0 heterocycles. The zero-order chi connectivity index (χ0) is 16.0. The van der Waals surface area contributed by atoms with E-state index in [-0.39, 0.29) is 17.4 Å². The second-order valence-electron chi connectivity index (χ2n) is 7.19. The summed E-state index contributed by atoms with van der Waals surface area (Å²) in [6, 6.07) is 5.61. The van der Waals surface area contributed by atoms with Crippen molar-refractivity contribution in [3.8, 4) is 0 Å². The molecule has 0 bridgehead atoms. The lowest BCUT2D eigenvalue weighted by Crippen LogP contribution is -2.27. The minimum atomic E-state index is -0.529. The fraction of sp³-hybridized carbons (Fsp3) is 0.562. The first-order valence-electron chi connectivity index (χ1n) is 7.07. The van der Waals surface area contributed by atoms with Crippen LogP contribution >= 0.6 is 11.6 Å². The van der Waals surface area contributed by atoms with Crippen molar-refractivity contribution in [3.05, 3.63) is 28.8 Å². The van der Waals surface area contributed by atoms with Crippen LogP contribution in [-0.4, -0.2) is 17.7 Å². The monoisotopic (exact) mass is 310 g/mol. The van der Waals surface area contributed by atoms with Gasteiger partial charge in [-0.15, -0.1) is 0 Å². The number of benzene rings is 1. The number of halogens is 1. The number of nitrogens with two attached hydrogens (primary N) is 1. The van der Waals surface area contributed by atoms with Gasteiger partial charge in [0.1, 0.15) is 5.60 Å². The van der Waals surface area contributed by atoms with Gasteiger partial charge in [0.2, 0.25) is 0 Å². The van der Waals surface area contributed by atoms with Gasteiger partial charge in [-0.1, -0.05) is 31.5 Å². The van der Waals surface area contributed by atoms with E-state index in [1.54, 1.807) is 6.07 Å². The van der Waals surface area contributed by atoms with E-state index in [4.69, 9.17) is 22.1 Å². The number of nitrogens with one attached hydrogen (secondary N) is 1. The van der Waals surface area contributed by atoms with Gasteiger partial charge in [-0.05, 0) is 43.9 Å². The van der Waals surface area contributed by atoms with Crippen molar-refractivity contribution in [1.82, 2.24) is 0 Å². The summed E-state index contributed by atoms with van der Waals surface area (Å²) in [6.45, 7) is 9.72. The Morgan fingerprint density at radius 3 is 2.38 bits per heavy atom. The third-order valence-electron chi connectivity index (χ3n) is 3.89. The molecule has 2 rings (SSSR count). The zero-order valence-corrected chi connectivity index (χ0v) is 13.9. The average Bonchev–Trinajstić information content (AvgIpc) is 2.76. The Hall–Kier alpha value is -1.26. The molecular weight excluding hydrogens is 288 g/mol. The molecule has 5 heteroatoms. The number of carbonyl (C=O) groups excluding carboxylic acids is 1. The first-order chi connectivity index (χ1) is 9.52. The van der Waals surface area contributed by atoms with Gasteiger partial charge in [0.25, 0.3) is 0 Å². The summed E-state index contributed by atoms with van der Waals surface area (Å²) in [5, 5.41) is 3.30. The Balaban J connectivity index is 2.08. The van der Waals surface area contributed by atoms with Crippen LogP contribution in [0.4, 0.5) is 10.5 Å². The molecule has 0 spiro atoms. The normalized spacial score (nSPS) is 23.6. The third-order valence-corrected chi connectivity index (χ3v) is 4.22. The van der Waals surface area contributed by atoms with Crippen molar-refractivity contribution in [2.24, 2.45) is 11.1 Å². The molecule has 1 aliphatic carbocycles. The second-order valence-corrected chi connectivity index (χ2v) is 7.60. The summed E-state index contributed by atoms with van der Waals surface area (Å²) in [6.07, 6.45) is -0.491. The van der Waals surface area contributed by atoms with E-state index in [1.807, 2.05) is 32.9 Å². The molecular formula is C16H23ClN2O2. The van der Waals surface area contributed by atoms with Crippen molar-refractivity contribution in [2.45, 2.75) is 52.2 Å². The van der Waals surface area contributed by atoms with Crippen LogP contribution in [0.25, 0.3) is 0 Å². The van der Waals surface area contributed by atoms with E-state index in [0.29, 0.717) is 10.7 Å². The van der Waals surface area contributed by atoms with Crippen molar-refractivity contribution in [3.63, 3.8) is 0 Å². The molecule has 0 radical (unpaired) electrons. The van der Waals surface area contributed by atoms with Gasteiger partial charge in [0.05, 0.1) is 0 Å². The molecule has 4 nitrogen and oxygen atoms in total. The van der Waals surface area contributed by atoms with Crippen LogP contribution in [0.3, 0.4) is 0 Å². The third kappa shape index (κ3) is 3.50. The predicted molar refractivity (Wildman–Crippen MR) is 85.8 cm³/mol. The fourth-order valence-electron chi connectivity index (χ4n) is 2.55. The van der Waals surface area contributed by atoms with Crippen LogP contribution in [0.2, 0.25) is 5.02 Å². The van der Waals surface area contributed by atoms with Crippen LogP contribution in [0.1, 0.15) is 46.1 Å². The molecule has 0 saturated heterocycles. The Morgan fingerprint density at radius 2 is 1.95 bits per heavy atom. The molecule has 1 aliphatic rings. The van der Waals surface area contributed by atoms with Gasteiger partial charge in [-0.3, -0.25) is 5.32 Å². The molecule has 1 fully saturated rings. The maximum atomic E-state index is 11.7. The number of anilines is 1. The molecule has 2 atom stereocenters. The van der Waals surface area contributed by atoms with Gasteiger partial charge in [-0.2, -0.15) is 0 Å². The maximum absolute atomic E-state index is 11.7. The first-order valence-corrected chi connectivity index (χ1v) is 7.45. The smallest absolute Gasteiger partial charge is 0.412 e. The van der Waals surface area contributed by atoms with E-state index in [0.717, 1.165) is 5.56 Å². The zero-order valence-electron chi connectivity index (χ0n) is 13.2. The predicted octanol–water partition coefficient (Wildman–Crippen LogP) is 4.14. The summed E-state index contributed by atoms with van der Waals surface area (Å²) in [5.41, 5.74) is 7.28. The minimum Gasteiger partial charge on any atom is -0.444 e. The molecule has 3 N–H and O–H groups in total. The molecule has 1 aromatic rings. The second kappa shape index (κ2) is 5.18. The average molecular weight is 311 g/mol. The van der Waals surface area contributed by atoms with E-state index in [2.05, 4.69) is 19.2 Å². The number of carbonyl (C=O) groups is 1. The fourth-order valence-corrected chi connectivity index (χ4v) is 2.85. The number of rotatable bonds is 2. The van der Waals surface area contributed by atoms with E-state index in [1.165, 1.54) is 0 Å². The van der Waals surface area contributed by atoms with Gasteiger partial charge < -0.3 is 10.5 Å². The van der Waals surface area contributed by atoms with Crippen molar-refractivity contribution >= 4 is 23.4 Å². The summed E-state index contributed by atoms with van der Waals surface area (Å²) in [4.78, 5) is 11.7. The molecule has 0 aromatic heterocycles. The van der Waals surface area contributed by atoms with Gasteiger partial charge in [0.15, 0.2) is 0 Å². The van der Waals surface area contributed by atoms with E-state index in [9.17, 15) is 4.79 Å². The van der Waals surface area contributed by atoms with Crippen molar-refractivity contribution < 1.29 is 9.53 Å². The lowest BCUT2D eigenvalue weighted by molar-refractivity contribution is 0.0636. The van der Waals surface area contributed by atoms with Crippen LogP contribution in [0, 0.1) is 5.41 Å². The molecule has 21 heavy (non-hydrogen) atoms. The van der Waals surface area contributed by atoms with Crippen LogP contribution < -0.4 is 11.1 Å². The molecule has 1 amide bonds. The SMILES string of the molecule is CC(C)(C)OC(=O)Nc1ccc(C2C(N)C2(C)C)c(Cl)c1. The minimum absolute atomic E-state index is 0.0732. The standard InChI is InChI=1S/C16H23ClN2O2/c1-15(2,3)21-14(20)19-9-6-7-10(11(17)8-9)12-13(18)16(12,4)5/h6-8,12-13H,18H2,1-5H3,(H,19,20). The van der Waals surface area contributed by atoms with E-state index >= 15 is 0 Å². The quantitative estimate of drug-likeness (QED) is 0.863. The number of amides is 1. The van der Waals surface area contributed by atoms with Crippen LogP contribution in [-0.2, 0) is 4.74 Å². The highest BCUT2D eigenvalue weighted by molar-refractivity contribution is 6.31. The molecule has 1 aromatic carbocycles. The van der Waals surface area contributed by atoms with Crippen molar-refractivity contribution in [1.29, 1.82) is 0 Å². The highest BCUT2D eigenvalue weighted by Gasteiger charge is 2.56. The largest absolute Gasteiger partial charge is 0.444 e. The summed E-state index contributed by atoms with van der Waals surface area (Å²) in [5.74, 6) is 0.264. The van der Waals surface area contributed by atoms with Gasteiger partial charge >= 0.3 is 6.09 Å². The molecule has 0 aliphatic heterocycles. The van der Waals surface area contributed by atoms with Crippen LogP contribution in [0.5, 0.6) is 0 Å². The van der Waals surface area contributed by atoms with Gasteiger partial charge in [-0.25, -0.2) is 4.79 Å². The first kappa shape index (κ1) is 16.1. The Kier molecular flexibility index (Phi) is 3.98. The number of hydrogen-bond acceptors (Lipinski definition) is 3. The molecule has 116 valence electrons. The number of hydrogen-bond donors (Lipinski definition) is 2. The molecule has 1 saturated carbocycles. The lowest BCUT2D eigenvalue weighted by Gasteiger charge is -2.20. The Labute approximate surface area is 131 Å². The Morgan fingerprint density at radius 1 is 1.38 bits per heavy atom. The van der Waals surface area contributed by atoms with Gasteiger partial charge in [0, 0.05) is 22.7 Å². The highest BCUT2D eigenvalue weighted by Crippen LogP contribution is 2.58. The van der Waals surface area contributed by atoms with Crippen LogP contribution in [0.15, 0.2) is 18.2 Å². The summed E-state index contributed by atoms with van der Waals surface area (Å²) in [7, 11) is 0. The number of ether oxygens (including phenoxy) is 1. The summed E-state index contributed by atoms with van der Waals surface area (Å²) >= 11 is 6.33. The van der Waals surface area contributed by atoms with Crippen molar-refractivity contribution in [2.75, 3.05) is 5.32 Å². The Bertz CT molecular complexity index is 564. The topological polar surface area (TPSA) is 64.3 Å². The maximum Gasteiger partial charge on any atom is 0.412 e. The highest BCUT2D eigenvalue weighted by atomic mass is 35.5. The molecule has 2 unspecified atom stereocenters.